The summed E-state index contributed by atoms with van der Waals surface area (Å²) in [6, 6.07) is 19.0. The van der Waals surface area contributed by atoms with Gasteiger partial charge in [-0.1, -0.05) is 60.2 Å². The number of ether oxygens (including phenoxy) is 1. The highest BCUT2D eigenvalue weighted by Gasteiger charge is 2.27. The Bertz CT molecular complexity index is 991. The van der Waals surface area contributed by atoms with Gasteiger partial charge >= 0.3 is 0 Å². The van der Waals surface area contributed by atoms with Crippen LogP contribution in [-0.4, -0.2) is 31.1 Å². The van der Waals surface area contributed by atoms with Gasteiger partial charge in [-0.05, 0) is 25.3 Å². The molecule has 0 aliphatic carbocycles. The second kappa shape index (κ2) is 12.3. The molecule has 2 N–H and O–H groups in total. The number of hydrogen-bond acceptors (Lipinski definition) is 4. The van der Waals surface area contributed by atoms with Crippen LogP contribution in [0.5, 0.6) is 0 Å². The number of thiazole rings is 1. The maximum atomic E-state index is 6.15. The fourth-order valence-corrected chi connectivity index (χ4v) is 4.66. The minimum absolute atomic E-state index is 0. The molecule has 32 heavy (non-hydrogen) atoms. The van der Waals surface area contributed by atoms with Gasteiger partial charge in [-0.2, -0.15) is 0 Å². The van der Waals surface area contributed by atoms with Crippen molar-refractivity contribution in [3.05, 3.63) is 76.1 Å². The van der Waals surface area contributed by atoms with E-state index in [0.29, 0.717) is 12.5 Å². The first-order valence-corrected chi connectivity index (χ1v) is 11.7. The minimum atomic E-state index is 0. The molecule has 1 saturated heterocycles. The van der Waals surface area contributed by atoms with Crippen molar-refractivity contribution in [2.75, 3.05) is 20.2 Å². The normalized spacial score (nSPS) is 18.6. The average Bonchev–Trinajstić information content (AvgIpc) is 3.30. The maximum absolute atomic E-state index is 6.15. The van der Waals surface area contributed by atoms with Gasteiger partial charge in [-0.15, -0.1) is 35.3 Å². The SMILES string of the molecule is CN=C(NCc1nc(-c2ccccc2)cs1)NCC1CCCOC1c1ccc(C)cc1.I. The van der Waals surface area contributed by atoms with E-state index in [-0.39, 0.29) is 30.1 Å². The molecule has 1 fully saturated rings. The molecule has 1 aromatic heterocycles. The van der Waals surface area contributed by atoms with E-state index in [9.17, 15) is 0 Å². The molecule has 0 spiro atoms. The van der Waals surface area contributed by atoms with Crippen LogP contribution < -0.4 is 10.6 Å². The van der Waals surface area contributed by atoms with Crippen LogP contribution in [0.15, 0.2) is 65.0 Å². The highest BCUT2D eigenvalue weighted by molar-refractivity contribution is 14.0. The van der Waals surface area contributed by atoms with Gasteiger partial charge < -0.3 is 15.4 Å². The lowest BCUT2D eigenvalue weighted by molar-refractivity contribution is -0.0265. The molecule has 1 aliphatic rings. The lowest BCUT2D eigenvalue weighted by Crippen LogP contribution is -2.41. The molecule has 5 nitrogen and oxygen atoms in total. The van der Waals surface area contributed by atoms with Crippen LogP contribution in [0.25, 0.3) is 11.3 Å². The maximum Gasteiger partial charge on any atom is 0.191 e. The number of rotatable bonds is 6. The number of benzene rings is 2. The van der Waals surface area contributed by atoms with E-state index in [4.69, 9.17) is 9.72 Å². The molecular formula is C25H31IN4OS. The largest absolute Gasteiger partial charge is 0.373 e. The van der Waals surface area contributed by atoms with Gasteiger partial charge in [0.1, 0.15) is 5.01 Å². The van der Waals surface area contributed by atoms with Crippen molar-refractivity contribution in [3.63, 3.8) is 0 Å². The molecule has 7 heteroatoms. The average molecular weight is 563 g/mol. The van der Waals surface area contributed by atoms with Crippen molar-refractivity contribution in [2.24, 2.45) is 10.9 Å². The van der Waals surface area contributed by atoms with E-state index in [1.807, 2.05) is 18.2 Å². The monoisotopic (exact) mass is 562 g/mol. The number of nitrogens with zero attached hydrogens (tertiary/aromatic N) is 2. The van der Waals surface area contributed by atoms with E-state index in [2.05, 4.69) is 64.3 Å². The predicted octanol–water partition coefficient (Wildman–Crippen LogP) is 5.57. The Morgan fingerprint density at radius 3 is 2.66 bits per heavy atom. The summed E-state index contributed by atoms with van der Waals surface area (Å²) in [7, 11) is 1.81. The van der Waals surface area contributed by atoms with Crippen LogP contribution in [0.4, 0.5) is 0 Å². The summed E-state index contributed by atoms with van der Waals surface area (Å²) in [5.41, 5.74) is 4.70. The van der Waals surface area contributed by atoms with Crippen molar-refractivity contribution in [3.8, 4) is 11.3 Å². The van der Waals surface area contributed by atoms with E-state index >= 15 is 0 Å². The molecule has 4 rings (SSSR count). The van der Waals surface area contributed by atoms with Gasteiger partial charge in [0.05, 0.1) is 18.3 Å². The zero-order valence-corrected chi connectivity index (χ0v) is 21.7. The van der Waals surface area contributed by atoms with Gasteiger partial charge in [0, 0.05) is 37.1 Å². The van der Waals surface area contributed by atoms with Crippen molar-refractivity contribution in [1.29, 1.82) is 0 Å². The van der Waals surface area contributed by atoms with Crippen LogP contribution >= 0.6 is 35.3 Å². The third-order valence-electron chi connectivity index (χ3n) is 5.63. The number of halogens is 1. The number of guanidine groups is 1. The highest BCUT2D eigenvalue weighted by Crippen LogP contribution is 2.33. The molecule has 2 heterocycles. The molecule has 2 aromatic carbocycles. The summed E-state index contributed by atoms with van der Waals surface area (Å²) < 4.78 is 6.15. The van der Waals surface area contributed by atoms with Crippen molar-refractivity contribution in [2.45, 2.75) is 32.4 Å². The van der Waals surface area contributed by atoms with Gasteiger partial charge in [0.15, 0.2) is 5.96 Å². The Balaban J connectivity index is 0.00000289. The third-order valence-corrected chi connectivity index (χ3v) is 6.48. The van der Waals surface area contributed by atoms with E-state index < -0.39 is 0 Å². The van der Waals surface area contributed by atoms with Crippen LogP contribution in [0, 0.1) is 12.8 Å². The van der Waals surface area contributed by atoms with Crippen LogP contribution in [0.1, 0.15) is 35.1 Å². The molecule has 2 unspecified atom stereocenters. The van der Waals surface area contributed by atoms with E-state index in [1.54, 1.807) is 18.4 Å². The van der Waals surface area contributed by atoms with Crippen LogP contribution in [-0.2, 0) is 11.3 Å². The third kappa shape index (κ3) is 6.52. The lowest BCUT2D eigenvalue weighted by atomic mass is 9.89. The fourth-order valence-electron chi connectivity index (χ4n) is 3.92. The molecule has 0 radical (unpaired) electrons. The summed E-state index contributed by atoms with van der Waals surface area (Å²) >= 11 is 1.67. The Morgan fingerprint density at radius 1 is 1.12 bits per heavy atom. The van der Waals surface area contributed by atoms with E-state index in [1.165, 1.54) is 11.1 Å². The van der Waals surface area contributed by atoms with Gasteiger partial charge in [0.25, 0.3) is 0 Å². The standard InChI is InChI=1S/C25H30N4OS.HI/c1-18-10-12-20(13-11-18)24-21(9-6-14-30-24)15-27-25(26-2)28-16-23-29-22(17-31-23)19-7-4-3-5-8-19;/h3-5,7-8,10-13,17,21,24H,6,9,14-16H2,1-2H3,(H2,26,27,28);1H. The zero-order chi connectivity index (χ0) is 21.5. The summed E-state index contributed by atoms with van der Waals surface area (Å²) in [6.07, 6.45) is 2.38. The Morgan fingerprint density at radius 2 is 1.91 bits per heavy atom. The molecule has 0 bridgehead atoms. The molecule has 170 valence electrons. The minimum Gasteiger partial charge on any atom is -0.373 e. The number of nitrogens with one attached hydrogen (secondary N) is 2. The van der Waals surface area contributed by atoms with Crippen LogP contribution in [0.2, 0.25) is 0 Å². The first kappa shape index (κ1) is 24.7. The van der Waals surface area contributed by atoms with Gasteiger partial charge in [-0.3, -0.25) is 4.99 Å². The lowest BCUT2D eigenvalue weighted by Gasteiger charge is -2.32. The van der Waals surface area contributed by atoms with E-state index in [0.717, 1.165) is 48.2 Å². The summed E-state index contributed by atoms with van der Waals surface area (Å²) in [6.45, 7) is 4.42. The quantitative estimate of drug-likeness (QED) is 0.234. The number of aryl methyl sites for hydroxylation is 1. The Kier molecular flexibility index (Phi) is 9.50. The van der Waals surface area contributed by atoms with Crippen molar-refractivity contribution < 1.29 is 4.74 Å². The molecule has 1 aliphatic heterocycles. The van der Waals surface area contributed by atoms with Gasteiger partial charge in [0.2, 0.25) is 0 Å². The molecule has 2 atom stereocenters. The Labute approximate surface area is 211 Å². The molecule has 3 aromatic rings. The number of hydrogen-bond donors (Lipinski definition) is 2. The second-order valence-electron chi connectivity index (χ2n) is 7.90. The van der Waals surface area contributed by atoms with Gasteiger partial charge in [-0.25, -0.2) is 4.98 Å². The summed E-state index contributed by atoms with van der Waals surface area (Å²) in [4.78, 5) is 9.14. The molecule has 0 amide bonds. The fraction of sp³-hybridized carbons (Fsp3) is 0.360. The number of aromatic nitrogens is 1. The number of aliphatic imine (C=N–C) groups is 1. The summed E-state index contributed by atoms with van der Waals surface area (Å²) in [5, 5.41) is 10.0. The first-order valence-electron chi connectivity index (χ1n) is 10.9. The predicted molar refractivity (Wildman–Crippen MR) is 144 cm³/mol. The topological polar surface area (TPSA) is 58.5 Å². The van der Waals surface area contributed by atoms with Crippen LogP contribution in [0.3, 0.4) is 0 Å². The zero-order valence-electron chi connectivity index (χ0n) is 18.6. The Hall–Kier alpha value is -1.97. The summed E-state index contributed by atoms with van der Waals surface area (Å²) in [5.74, 6) is 1.21. The smallest absolute Gasteiger partial charge is 0.191 e. The highest BCUT2D eigenvalue weighted by atomic mass is 127. The van der Waals surface area contributed by atoms with Crippen molar-refractivity contribution >= 4 is 41.3 Å². The first-order chi connectivity index (χ1) is 15.2. The van der Waals surface area contributed by atoms with Crippen molar-refractivity contribution in [1.82, 2.24) is 15.6 Å². The second-order valence-corrected chi connectivity index (χ2v) is 8.85. The molecule has 0 saturated carbocycles. The molecular weight excluding hydrogens is 531 g/mol.